The van der Waals surface area contributed by atoms with E-state index in [0.29, 0.717) is 6.54 Å². The van der Waals surface area contributed by atoms with Crippen molar-refractivity contribution in [2.24, 2.45) is 0 Å². The number of ether oxygens (including phenoxy) is 1. The molecule has 164 valence electrons. The predicted molar refractivity (Wildman–Crippen MR) is 121 cm³/mol. The number of benzene rings is 2. The summed E-state index contributed by atoms with van der Waals surface area (Å²) in [4.78, 5) is 39.4. The Labute approximate surface area is 181 Å². The van der Waals surface area contributed by atoms with Crippen molar-refractivity contribution in [3.63, 3.8) is 0 Å². The standard InChI is InChI=1S/C24H29N3O4/c1-4-15-25-20-12-8-9-13-21(20)26(24(25)30)16-14-23(29)31-17-22(28)27(18(2)3)19-10-6-5-7-11-19/h5-13,18H,4,14-17H2,1-3H3. The van der Waals surface area contributed by atoms with Crippen molar-refractivity contribution in [3.05, 3.63) is 65.1 Å². The second kappa shape index (κ2) is 10.1. The van der Waals surface area contributed by atoms with Gasteiger partial charge in [-0.1, -0.05) is 37.3 Å². The largest absolute Gasteiger partial charge is 0.455 e. The minimum Gasteiger partial charge on any atom is -0.455 e. The fraction of sp³-hybridized carbons (Fsp3) is 0.375. The third kappa shape index (κ3) is 5.05. The van der Waals surface area contributed by atoms with Crippen LogP contribution in [0.2, 0.25) is 0 Å². The lowest BCUT2D eigenvalue weighted by molar-refractivity contribution is -0.148. The lowest BCUT2D eigenvalue weighted by Gasteiger charge is -2.26. The molecule has 0 bridgehead atoms. The van der Waals surface area contributed by atoms with Crippen LogP contribution in [-0.2, 0) is 27.4 Å². The zero-order valence-electron chi connectivity index (χ0n) is 18.3. The summed E-state index contributed by atoms with van der Waals surface area (Å²) >= 11 is 0. The Morgan fingerprint density at radius 3 is 2.10 bits per heavy atom. The first kappa shape index (κ1) is 22.3. The molecule has 0 fully saturated rings. The number of anilines is 1. The van der Waals surface area contributed by atoms with Crippen molar-refractivity contribution in [2.75, 3.05) is 11.5 Å². The van der Waals surface area contributed by atoms with Crippen molar-refractivity contribution in [1.82, 2.24) is 9.13 Å². The minimum absolute atomic E-state index is 0.0142. The predicted octanol–water partition coefficient (Wildman–Crippen LogP) is 3.59. The molecule has 0 saturated carbocycles. The summed E-state index contributed by atoms with van der Waals surface area (Å²) in [5.74, 6) is -0.796. The number of esters is 1. The first-order chi connectivity index (χ1) is 14.9. The zero-order chi connectivity index (χ0) is 22.4. The van der Waals surface area contributed by atoms with E-state index in [0.717, 1.165) is 23.1 Å². The third-order valence-electron chi connectivity index (χ3n) is 5.09. The number of amides is 1. The summed E-state index contributed by atoms with van der Waals surface area (Å²) in [7, 11) is 0. The molecule has 0 atom stereocenters. The highest BCUT2D eigenvalue weighted by Crippen LogP contribution is 2.17. The molecule has 0 aliphatic heterocycles. The molecule has 0 saturated heterocycles. The number of carbonyl (C=O) groups is 2. The van der Waals surface area contributed by atoms with Crippen LogP contribution in [-0.4, -0.2) is 33.7 Å². The van der Waals surface area contributed by atoms with Crippen LogP contribution in [0.4, 0.5) is 5.69 Å². The Morgan fingerprint density at radius 2 is 1.52 bits per heavy atom. The molecule has 0 aliphatic rings. The van der Waals surface area contributed by atoms with Gasteiger partial charge < -0.3 is 9.64 Å². The van der Waals surface area contributed by atoms with Crippen molar-refractivity contribution < 1.29 is 14.3 Å². The number of nitrogens with zero attached hydrogens (tertiary/aromatic N) is 3. The fourth-order valence-electron chi connectivity index (χ4n) is 3.73. The van der Waals surface area contributed by atoms with Gasteiger partial charge in [0.15, 0.2) is 6.61 Å². The first-order valence-corrected chi connectivity index (χ1v) is 10.6. The maximum atomic E-state index is 12.8. The van der Waals surface area contributed by atoms with Gasteiger partial charge in [0.1, 0.15) is 0 Å². The molecule has 3 aromatic rings. The maximum Gasteiger partial charge on any atom is 0.329 e. The topological polar surface area (TPSA) is 73.5 Å². The monoisotopic (exact) mass is 423 g/mol. The van der Waals surface area contributed by atoms with Crippen molar-refractivity contribution in [3.8, 4) is 0 Å². The number of hydrogen-bond acceptors (Lipinski definition) is 4. The molecule has 1 amide bonds. The Bertz CT molecular complexity index is 1100. The van der Waals surface area contributed by atoms with Gasteiger partial charge in [-0.15, -0.1) is 0 Å². The number of fused-ring (bicyclic) bond motifs is 1. The van der Waals surface area contributed by atoms with Crippen LogP contribution in [0.25, 0.3) is 11.0 Å². The van der Waals surface area contributed by atoms with Gasteiger partial charge >= 0.3 is 11.7 Å². The number of hydrogen-bond donors (Lipinski definition) is 0. The van der Waals surface area contributed by atoms with E-state index in [2.05, 4.69) is 0 Å². The molecule has 31 heavy (non-hydrogen) atoms. The average molecular weight is 424 g/mol. The number of carbonyl (C=O) groups excluding carboxylic acids is 2. The summed E-state index contributed by atoms with van der Waals surface area (Å²) < 4.78 is 8.55. The van der Waals surface area contributed by atoms with Crippen molar-refractivity contribution >= 4 is 28.6 Å². The highest BCUT2D eigenvalue weighted by Gasteiger charge is 2.21. The average Bonchev–Trinajstić information content (AvgIpc) is 3.03. The first-order valence-electron chi connectivity index (χ1n) is 10.6. The SMILES string of the molecule is CCCn1c(=O)n(CCC(=O)OCC(=O)N(c2ccccc2)C(C)C)c2ccccc21. The zero-order valence-corrected chi connectivity index (χ0v) is 18.3. The Hall–Kier alpha value is -3.35. The van der Waals surface area contributed by atoms with Crippen LogP contribution in [0.3, 0.4) is 0 Å². The van der Waals surface area contributed by atoms with Crippen LogP contribution in [0.5, 0.6) is 0 Å². The molecule has 0 aliphatic carbocycles. The van der Waals surface area contributed by atoms with E-state index >= 15 is 0 Å². The van der Waals surface area contributed by atoms with E-state index in [1.165, 1.54) is 0 Å². The third-order valence-corrected chi connectivity index (χ3v) is 5.09. The van der Waals surface area contributed by atoms with Gasteiger partial charge in [0.25, 0.3) is 5.91 Å². The Morgan fingerprint density at radius 1 is 0.935 bits per heavy atom. The van der Waals surface area contributed by atoms with Crippen LogP contribution < -0.4 is 10.6 Å². The number of rotatable bonds is 9. The second-order valence-electron chi connectivity index (χ2n) is 7.68. The molecular weight excluding hydrogens is 394 g/mol. The van der Waals surface area contributed by atoms with E-state index in [-0.39, 0.29) is 37.2 Å². The maximum absolute atomic E-state index is 12.8. The summed E-state index contributed by atoms with van der Waals surface area (Å²) in [6.45, 7) is 6.32. The van der Waals surface area contributed by atoms with E-state index in [1.54, 1.807) is 14.0 Å². The number of para-hydroxylation sites is 3. The molecule has 7 nitrogen and oxygen atoms in total. The van der Waals surface area contributed by atoms with E-state index in [1.807, 2.05) is 75.4 Å². The summed E-state index contributed by atoms with van der Waals surface area (Å²) in [5.41, 5.74) is 2.27. The molecule has 7 heteroatoms. The van der Waals surface area contributed by atoms with E-state index < -0.39 is 5.97 Å². The summed E-state index contributed by atoms with van der Waals surface area (Å²) in [5, 5.41) is 0. The van der Waals surface area contributed by atoms with Crippen LogP contribution in [0, 0.1) is 0 Å². The van der Waals surface area contributed by atoms with Gasteiger partial charge in [-0.05, 0) is 44.5 Å². The van der Waals surface area contributed by atoms with E-state index in [9.17, 15) is 14.4 Å². The van der Waals surface area contributed by atoms with Gasteiger partial charge in [-0.3, -0.25) is 18.7 Å². The Kier molecular flexibility index (Phi) is 7.28. The highest BCUT2D eigenvalue weighted by atomic mass is 16.5. The smallest absolute Gasteiger partial charge is 0.329 e. The molecule has 2 aromatic carbocycles. The molecular formula is C24H29N3O4. The van der Waals surface area contributed by atoms with Crippen molar-refractivity contribution in [2.45, 2.75) is 52.7 Å². The fourth-order valence-corrected chi connectivity index (χ4v) is 3.73. The number of aromatic nitrogens is 2. The minimum atomic E-state index is -0.510. The quantitative estimate of drug-likeness (QED) is 0.493. The molecule has 0 unspecified atom stereocenters. The lowest BCUT2D eigenvalue weighted by Crippen LogP contribution is -2.40. The Balaban J connectivity index is 1.64. The van der Waals surface area contributed by atoms with Gasteiger partial charge in [0.2, 0.25) is 0 Å². The van der Waals surface area contributed by atoms with Crippen molar-refractivity contribution in [1.29, 1.82) is 0 Å². The van der Waals surface area contributed by atoms with Gasteiger partial charge in [0.05, 0.1) is 17.5 Å². The van der Waals surface area contributed by atoms with Crippen LogP contribution >= 0.6 is 0 Å². The summed E-state index contributed by atoms with van der Waals surface area (Å²) in [6, 6.07) is 16.8. The molecule has 0 N–H and O–H groups in total. The van der Waals surface area contributed by atoms with Crippen LogP contribution in [0.1, 0.15) is 33.6 Å². The van der Waals surface area contributed by atoms with Gasteiger partial charge in [-0.2, -0.15) is 0 Å². The van der Waals surface area contributed by atoms with Crippen LogP contribution in [0.15, 0.2) is 59.4 Å². The molecule has 3 rings (SSSR count). The van der Waals surface area contributed by atoms with Gasteiger partial charge in [0, 0.05) is 24.8 Å². The summed E-state index contributed by atoms with van der Waals surface area (Å²) in [6.07, 6.45) is 0.853. The highest BCUT2D eigenvalue weighted by molar-refractivity contribution is 5.95. The molecule has 0 radical (unpaired) electrons. The number of imidazole rings is 1. The van der Waals surface area contributed by atoms with Gasteiger partial charge in [-0.25, -0.2) is 4.79 Å². The molecule has 0 spiro atoms. The lowest BCUT2D eigenvalue weighted by atomic mass is 10.2. The second-order valence-corrected chi connectivity index (χ2v) is 7.68. The van der Waals surface area contributed by atoms with E-state index in [4.69, 9.17) is 4.74 Å². The normalized spacial score (nSPS) is 11.1. The number of aryl methyl sites for hydroxylation is 2. The molecule has 1 aromatic heterocycles. The molecule has 1 heterocycles.